The van der Waals surface area contributed by atoms with Gasteiger partial charge in [0.05, 0.1) is 25.4 Å². The topological polar surface area (TPSA) is 83.4 Å². The van der Waals surface area contributed by atoms with Crippen LogP contribution >= 0.6 is 0 Å². The molecule has 2 N–H and O–H groups in total. The van der Waals surface area contributed by atoms with E-state index in [-0.39, 0.29) is 11.6 Å². The van der Waals surface area contributed by atoms with E-state index < -0.39 is 5.91 Å². The zero-order chi connectivity index (χ0) is 19.6. The minimum absolute atomic E-state index is 0.0262. The van der Waals surface area contributed by atoms with Crippen LogP contribution in [-0.2, 0) is 4.79 Å². The lowest BCUT2D eigenvalue weighted by molar-refractivity contribution is -0.117. The van der Waals surface area contributed by atoms with E-state index in [1.807, 2.05) is 68.4 Å². The van der Waals surface area contributed by atoms with Gasteiger partial charge in [0.15, 0.2) is 0 Å². The Morgan fingerprint density at radius 3 is 2.56 bits per heavy atom. The molecule has 0 aromatic heterocycles. The SMILES string of the molecule is CCOc1ccccc1N/C=C(/C#N)C(=O)NC(C)c1ccc(OC)cc1. The standard InChI is InChI=1S/C21H23N3O3/c1-4-27-20-8-6-5-7-19(20)23-14-17(13-22)21(25)24-15(2)16-9-11-18(26-3)12-10-16/h5-12,14-15,23H,4H2,1-3H3,(H,24,25)/b17-14-. The minimum atomic E-state index is -0.456. The van der Waals surface area contributed by atoms with Crippen LogP contribution < -0.4 is 20.1 Å². The monoisotopic (exact) mass is 365 g/mol. The fourth-order valence-electron chi connectivity index (χ4n) is 2.42. The molecule has 1 atom stereocenters. The molecule has 0 radical (unpaired) electrons. The van der Waals surface area contributed by atoms with E-state index in [1.165, 1.54) is 6.20 Å². The highest BCUT2D eigenvalue weighted by Crippen LogP contribution is 2.24. The number of nitrogens with zero attached hydrogens (tertiary/aromatic N) is 1. The summed E-state index contributed by atoms with van der Waals surface area (Å²) in [6, 6.07) is 16.4. The van der Waals surface area contributed by atoms with Gasteiger partial charge in [0.1, 0.15) is 23.1 Å². The van der Waals surface area contributed by atoms with Crippen molar-refractivity contribution in [1.82, 2.24) is 5.32 Å². The number of nitriles is 1. The second kappa shape index (κ2) is 9.88. The summed E-state index contributed by atoms with van der Waals surface area (Å²) in [7, 11) is 1.60. The lowest BCUT2D eigenvalue weighted by Crippen LogP contribution is -2.28. The third-order valence-electron chi connectivity index (χ3n) is 3.89. The first-order chi connectivity index (χ1) is 13.1. The number of amides is 1. The molecule has 0 aliphatic rings. The van der Waals surface area contributed by atoms with Gasteiger partial charge in [-0.1, -0.05) is 24.3 Å². The molecule has 1 amide bonds. The molecular formula is C21H23N3O3. The number of rotatable bonds is 8. The highest BCUT2D eigenvalue weighted by molar-refractivity contribution is 5.97. The first kappa shape index (κ1) is 19.9. The third kappa shape index (κ3) is 5.51. The number of nitrogens with one attached hydrogen (secondary N) is 2. The van der Waals surface area contributed by atoms with Gasteiger partial charge in [-0.3, -0.25) is 4.79 Å². The fourth-order valence-corrected chi connectivity index (χ4v) is 2.42. The van der Waals surface area contributed by atoms with Crippen LogP contribution in [0.25, 0.3) is 0 Å². The van der Waals surface area contributed by atoms with E-state index in [0.29, 0.717) is 18.0 Å². The molecule has 2 aromatic carbocycles. The first-order valence-corrected chi connectivity index (χ1v) is 8.62. The van der Waals surface area contributed by atoms with Crippen molar-refractivity contribution in [3.63, 3.8) is 0 Å². The maximum Gasteiger partial charge on any atom is 0.263 e. The Morgan fingerprint density at radius 1 is 1.22 bits per heavy atom. The Balaban J connectivity index is 2.06. The van der Waals surface area contributed by atoms with Gasteiger partial charge >= 0.3 is 0 Å². The molecule has 0 spiro atoms. The van der Waals surface area contributed by atoms with E-state index in [4.69, 9.17) is 9.47 Å². The molecule has 0 fully saturated rings. The van der Waals surface area contributed by atoms with Crippen LogP contribution in [-0.4, -0.2) is 19.6 Å². The molecule has 2 rings (SSSR count). The van der Waals surface area contributed by atoms with Gasteiger partial charge in [-0.25, -0.2) is 0 Å². The smallest absolute Gasteiger partial charge is 0.263 e. The molecule has 27 heavy (non-hydrogen) atoms. The zero-order valence-corrected chi connectivity index (χ0v) is 15.7. The highest BCUT2D eigenvalue weighted by atomic mass is 16.5. The summed E-state index contributed by atoms with van der Waals surface area (Å²) < 4.78 is 10.6. The van der Waals surface area contributed by atoms with E-state index in [9.17, 15) is 10.1 Å². The Morgan fingerprint density at radius 2 is 1.93 bits per heavy atom. The van der Waals surface area contributed by atoms with Crippen LogP contribution in [0.3, 0.4) is 0 Å². The summed E-state index contributed by atoms with van der Waals surface area (Å²) in [5, 5.41) is 15.1. The maximum atomic E-state index is 12.4. The number of carbonyl (C=O) groups is 1. The third-order valence-corrected chi connectivity index (χ3v) is 3.89. The van der Waals surface area contributed by atoms with Crippen molar-refractivity contribution in [1.29, 1.82) is 5.26 Å². The number of para-hydroxylation sites is 2. The number of ether oxygens (including phenoxy) is 2. The Hall–Kier alpha value is -3.46. The highest BCUT2D eigenvalue weighted by Gasteiger charge is 2.14. The lowest BCUT2D eigenvalue weighted by Gasteiger charge is -2.15. The van der Waals surface area contributed by atoms with E-state index in [0.717, 1.165) is 11.3 Å². The summed E-state index contributed by atoms with van der Waals surface area (Å²) in [6.45, 7) is 4.27. The first-order valence-electron chi connectivity index (χ1n) is 8.62. The second-order valence-electron chi connectivity index (χ2n) is 5.71. The molecule has 0 aliphatic heterocycles. The fraction of sp³-hybridized carbons (Fsp3) is 0.238. The number of carbonyl (C=O) groups excluding carboxylic acids is 1. The zero-order valence-electron chi connectivity index (χ0n) is 15.7. The number of anilines is 1. The number of benzene rings is 2. The minimum Gasteiger partial charge on any atom is -0.497 e. The Labute approximate surface area is 159 Å². The van der Waals surface area contributed by atoms with E-state index >= 15 is 0 Å². The summed E-state index contributed by atoms with van der Waals surface area (Å²) in [4.78, 5) is 12.4. The van der Waals surface area contributed by atoms with E-state index in [1.54, 1.807) is 7.11 Å². The van der Waals surface area contributed by atoms with Crippen molar-refractivity contribution in [2.45, 2.75) is 19.9 Å². The summed E-state index contributed by atoms with van der Waals surface area (Å²) in [5.41, 5.74) is 1.57. The van der Waals surface area contributed by atoms with Gasteiger partial charge in [0, 0.05) is 6.20 Å². The molecule has 0 aliphatic carbocycles. The summed E-state index contributed by atoms with van der Waals surface area (Å²) >= 11 is 0. The molecule has 0 bridgehead atoms. The van der Waals surface area contributed by atoms with Crippen LogP contribution in [0.2, 0.25) is 0 Å². The van der Waals surface area contributed by atoms with Crippen LogP contribution in [0.5, 0.6) is 11.5 Å². The van der Waals surface area contributed by atoms with Crippen molar-refractivity contribution >= 4 is 11.6 Å². The van der Waals surface area contributed by atoms with Crippen molar-refractivity contribution < 1.29 is 14.3 Å². The molecule has 0 saturated carbocycles. The molecule has 0 heterocycles. The molecule has 140 valence electrons. The largest absolute Gasteiger partial charge is 0.497 e. The quantitative estimate of drug-likeness (QED) is 0.549. The molecule has 1 unspecified atom stereocenters. The number of hydrogen-bond acceptors (Lipinski definition) is 5. The second-order valence-corrected chi connectivity index (χ2v) is 5.71. The predicted octanol–water partition coefficient (Wildman–Crippen LogP) is 3.79. The average Bonchev–Trinajstić information content (AvgIpc) is 2.69. The molecule has 6 nitrogen and oxygen atoms in total. The number of hydrogen-bond donors (Lipinski definition) is 2. The van der Waals surface area contributed by atoms with Crippen LogP contribution in [0.15, 0.2) is 60.3 Å². The van der Waals surface area contributed by atoms with Gasteiger partial charge in [-0.05, 0) is 43.7 Å². The molecule has 6 heteroatoms. The Kier molecular flexibility index (Phi) is 7.26. The van der Waals surface area contributed by atoms with Gasteiger partial charge < -0.3 is 20.1 Å². The molecule has 0 saturated heterocycles. The van der Waals surface area contributed by atoms with Gasteiger partial charge in [-0.2, -0.15) is 5.26 Å². The maximum absolute atomic E-state index is 12.4. The molecule has 2 aromatic rings. The van der Waals surface area contributed by atoms with Crippen LogP contribution in [0.1, 0.15) is 25.5 Å². The summed E-state index contributed by atoms with van der Waals surface area (Å²) in [5.74, 6) is 0.940. The van der Waals surface area contributed by atoms with Crippen molar-refractivity contribution in [3.8, 4) is 17.6 Å². The van der Waals surface area contributed by atoms with Crippen molar-refractivity contribution in [3.05, 3.63) is 65.9 Å². The lowest BCUT2D eigenvalue weighted by atomic mass is 10.1. The summed E-state index contributed by atoms with van der Waals surface area (Å²) in [6.07, 6.45) is 1.38. The average molecular weight is 365 g/mol. The van der Waals surface area contributed by atoms with Crippen LogP contribution in [0, 0.1) is 11.3 Å². The Bertz CT molecular complexity index is 838. The van der Waals surface area contributed by atoms with Crippen molar-refractivity contribution in [2.75, 3.05) is 19.0 Å². The van der Waals surface area contributed by atoms with E-state index in [2.05, 4.69) is 10.6 Å². The van der Waals surface area contributed by atoms with Gasteiger partial charge in [0.25, 0.3) is 5.91 Å². The van der Waals surface area contributed by atoms with Gasteiger partial charge in [0.2, 0.25) is 0 Å². The molecular weight excluding hydrogens is 342 g/mol. The van der Waals surface area contributed by atoms with Crippen molar-refractivity contribution in [2.24, 2.45) is 0 Å². The normalized spacial score (nSPS) is 11.9. The van der Waals surface area contributed by atoms with Gasteiger partial charge in [-0.15, -0.1) is 0 Å². The number of methoxy groups -OCH3 is 1. The predicted molar refractivity (Wildman–Crippen MR) is 104 cm³/mol. The van der Waals surface area contributed by atoms with Crippen LogP contribution in [0.4, 0.5) is 5.69 Å².